The van der Waals surface area contributed by atoms with Gasteiger partial charge in [0.25, 0.3) is 0 Å². The van der Waals surface area contributed by atoms with Gasteiger partial charge in [-0.3, -0.25) is 4.90 Å². The van der Waals surface area contributed by atoms with E-state index in [4.69, 9.17) is 4.74 Å². The molecule has 1 N–H and O–H groups in total. The number of hydrogen-bond donors (Lipinski definition) is 1. The van der Waals surface area contributed by atoms with E-state index in [1.54, 1.807) is 6.33 Å². The summed E-state index contributed by atoms with van der Waals surface area (Å²) in [6.45, 7) is 8.06. The summed E-state index contributed by atoms with van der Waals surface area (Å²) in [5.41, 5.74) is 0.435. The van der Waals surface area contributed by atoms with Gasteiger partial charge in [-0.15, -0.1) is 0 Å². The van der Waals surface area contributed by atoms with Crippen LogP contribution in [0.25, 0.3) is 0 Å². The highest BCUT2D eigenvalue weighted by Gasteiger charge is 2.26. The zero-order valence-corrected chi connectivity index (χ0v) is 11.1. The van der Waals surface area contributed by atoms with Gasteiger partial charge in [-0.1, -0.05) is 6.92 Å². The van der Waals surface area contributed by atoms with Gasteiger partial charge in [0.15, 0.2) is 5.82 Å². The van der Waals surface area contributed by atoms with E-state index in [2.05, 4.69) is 15.0 Å². The molecule has 1 aromatic heterocycles. The molecule has 1 aliphatic heterocycles. The lowest BCUT2D eigenvalue weighted by Gasteiger charge is -2.25. The first-order valence-corrected chi connectivity index (χ1v) is 5.94. The van der Waals surface area contributed by atoms with Gasteiger partial charge in [-0.25, -0.2) is 14.8 Å². The van der Waals surface area contributed by atoms with Crippen LogP contribution in [0.4, 0.5) is 10.6 Å². The number of carbonyl (C=O) groups excluding carboxylic acids is 1. The van der Waals surface area contributed by atoms with Crippen LogP contribution in [0.1, 0.15) is 39.3 Å². The number of nitrogens with one attached hydrogen (secondary N) is 1. The molecule has 98 valence electrons. The third kappa shape index (κ3) is 2.69. The van der Waals surface area contributed by atoms with Gasteiger partial charge in [0, 0.05) is 12.5 Å². The molecule has 0 bridgehead atoms. The van der Waals surface area contributed by atoms with Crippen LogP contribution in [0.2, 0.25) is 0 Å². The predicted octanol–water partition coefficient (Wildman–Crippen LogP) is 2.42. The molecule has 6 nitrogen and oxygen atoms in total. The first-order valence-electron chi connectivity index (χ1n) is 5.94. The molecular formula is C12H18N4O2. The van der Waals surface area contributed by atoms with Crippen LogP contribution in [0.5, 0.6) is 0 Å². The maximum atomic E-state index is 12.0. The molecular weight excluding hydrogens is 232 g/mol. The molecule has 1 amide bonds. The molecule has 1 atom stereocenters. The molecule has 0 aliphatic carbocycles. The van der Waals surface area contributed by atoms with E-state index in [0.717, 1.165) is 5.69 Å². The molecule has 0 fully saturated rings. The van der Waals surface area contributed by atoms with E-state index in [-0.39, 0.29) is 12.0 Å². The predicted molar refractivity (Wildman–Crippen MR) is 68.1 cm³/mol. The number of fused-ring (bicyclic) bond motifs is 1. The lowest BCUT2D eigenvalue weighted by Crippen LogP contribution is -2.37. The topological polar surface area (TPSA) is 70.6 Å². The van der Waals surface area contributed by atoms with Crippen LogP contribution in [-0.4, -0.2) is 39.4 Å². The van der Waals surface area contributed by atoms with Crippen LogP contribution in [0.15, 0.2) is 11.3 Å². The lowest BCUT2D eigenvalue weighted by atomic mass is 10.1. The maximum Gasteiger partial charge on any atom is 0.415 e. The SMILES string of the molecule is CC1CN(C(=O)OC(C)(C)C)C=Nc2nc[nH]c21. The highest BCUT2D eigenvalue weighted by Crippen LogP contribution is 2.26. The van der Waals surface area contributed by atoms with E-state index >= 15 is 0 Å². The highest BCUT2D eigenvalue weighted by atomic mass is 16.6. The number of carbonyl (C=O) groups is 1. The van der Waals surface area contributed by atoms with Crippen molar-refractivity contribution >= 4 is 18.2 Å². The van der Waals surface area contributed by atoms with Crippen LogP contribution in [0.3, 0.4) is 0 Å². The second-order valence-corrected chi connectivity index (χ2v) is 5.42. The average Bonchev–Trinajstić information content (AvgIpc) is 2.63. The third-order valence-corrected chi connectivity index (χ3v) is 2.56. The number of hydrogen-bond acceptors (Lipinski definition) is 4. The van der Waals surface area contributed by atoms with Crippen LogP contribution in [0, 0.1) is 0 Å². The Morgan fingerprint density at radius 3 is 2.94 bits per heavy atom. The summed E-state index contributed by atoms with van der Waals surface area (Å²) < 4.78 is 5.32. The van der Waals surface area contributed by atoms with Crippen molar-refractivity contribution in [1.82, 2.24) is 14.9 Å². The van der Waals surface area contributed by atoms with E-state index in [0.29, 0.717) is 12.4 Å². The zero-order valence-electron chi connectivity index (χ0n) is 11.1. The maximum absolute atomic E-state index is 12.0. The molecule has 18 heavy (non-hydrogen) atoms. The number of nitrogens with zero attached hydrogens (tertiary/aromatic N) is 3. The number of amides is 1. The Labute approximate surface area is 106 Å². The first kappa shape index (κ1) is 12.6. The number of ether oxygens (including phenoxy) is 1. The molecule has 0 aromatic carbocycles. The number of rotatable bonds is 0. The highest BCUT2D eigenvalue weighted by molar-refractivity contribution is 5.84. The van der Waals surface area contributed by atoms with Crippen molar-refractivity contribution in [3.05, 3.63) is 12.0 Å². The number of imidazole rings is 1. The van der Waals surface area contributed by atoms with Crippen molar-refractivity contribution in [2.24, 2.45) is 4.99 Å². The van der Waals surface area contributed by atoms with Crippen molar-refractivity contribution in [2.75, 3.05) is 6.54 Å². The Kier molecular flexibility index (Phi) is 3.11. The van der Waals surface area contributed by atoms with Gasteiger partial charge >= 0.3 is 6.09 Å². The fourth-order valence-electron chi connectivity index (χ4n) is 1.76. The molecule has 2 rings (SSSR count). The molecule has 1 unspecified atom stereocenters. The molecule has 0 saturated carbocycles. The van der Waals surface area contributed by atoms with Gasteiger partial charge in [-0.2, -0.15) is 0 Å². The fourth-order valence-corrected chi connectivity index (χ4v) is 1.76. The lowest BCUT2D eigenvalue weighted by molar-refractivity contribution is 0.0372. The van der Waals surface area contributed by atoms with Gasteiger partial charge < -0.3 is 9.72 Å². The Hall–Kier alpha value is -1.85. The molecule has 0 radical (unpaired) electrons. The van der Waals surface area contributed by atoms with Crippen molar-refractivity contribution in [3.63, 3.8) is 0 Å². The molecule has 0 spiro atoms. The summed E-state index contributed by atoms with van der Waals surface area (Å²) in [5, 5.41) is 0. The first-order chi connectivity index (χ1) is 8.37. The summed E-state index contributed by atoms with van der Waals surface area (Å²) in [4.78, 5) is 24.8. The number of aromatic amines is 1. The fraction of sp³-hybridized carbons (Fsp3) is 0.583. The van der Waals surface area contributed by atoms with Crippen LogP contribution in [-0.2, 0) is 4.74 Å². The summed E-state index contributed by atoms with van der Waals surface area (Å²) in [6, 6.07) is 0. The summed E-state index contributed by atoms with van der Waals surface area (Å²) >= 11 is 0. The van der Waals surface area contributed by atoms with Crippen molar-refractivity contribution < 1.29 is 9.53 Å². The van der Waals surface area contributed by atoms with E-state index in [1.807, 2.05) is 27.7 Å². The second kappa shape index (κ2) is 4.44. The summed E-state index contributed by atoms with van der Waals surface area (Å²) in [6.07, 6.45) is 2.71. The minimum Gasteiger partial charge on any atom is -0.443 e. The van der Waals surface area contributed by atoms with E-state index < -0.39 is 5.60 Å². The minimum absolute atomic E-state index is 0.137. The second-order valence-electron chi connectivity index (χ2n) is 5.42. The Morgan fingerprint density at radius 2 is 2.28 bits per heavy atom. The number of H-pyrrole nitrogens is 1. The van der Waals surface area contributed by atoms with Crippen LogP contribution >= 0.6 is 0 Å². The molecule has 1 aromatic rings. The summed E-state index contributed by atoms with van der Waals surface area (Å²) in [7, 11) is 0. The van der Waals surface area contributed by atoms with Crippen LogP contribution < -0.4 is 0 Å². The average molecular weight is 250 g/mol. The van der Waals surface area contributed by atoms with Crippen molar-refractivity contribution in [3.8, 4) is 0 Å². The summed E-state index contributed by atoms with van der Waals surface area (Å²) in [5.74, 6) is 0.770. The molecule has 0 saturated heterocycles. The van der Waals surface area contributed by atoms with Gasteiger partial charge in [0.05, 0.1) is 12.0 Å². The van der Waals surface area contributed by atoms with E-state index in [1.165, 1.54) is 11.2 Å². The molecule has 2 heterocycles. The monoisotopic (exact) mass is 250 g/mol. The number of aromatic nitrogens is 2. The number of aliphatic imine (C=N–C) groups is 1. The zero-order chi connectivity index (χ0) is 13.3. The van der Waals surface area contributed by atoms with Crippen molar-refractivity contribution in [2.45, 2.75) is 39.2 Å². The van der Waals surface area contributed by atoms with Crippen molar-refractivity contribution in [1.29, 1.82) is 0 Å². The normalized spacial score (nSPS) is 19.3. The van der Waals surface area contributed by atoms with Gasteiger partial charge in [0.1, 0.15) is 11.9 Å². The van der Waals surface area contributed by atoms with Gasteiger partial charge in [0.2, 0.25) is 0 Å². The standard InChI is InChI=1S/C12H18N4O2/c1-8-5-16(11(17)18-12(2,3)4)7-15-10-9(8)13-6-14-10/h6-8H,5H2,1-4H3,(H,13,14). The minimum atomic E-state index is -0.507. The third-order valence-electron chi connectivity index (χ3n) is 2.56. The quantitative estimate of drug-likeness (QED) is 0.768. The Morgan fingerprint density at radius 1 is 1.56 bits per heavy atom. The molecule has 6 heteroatoms. The molecule has 1 aliphatic rings. The van der Waals surface area contributed by atoms with Gasteiger partial charge in [-0.05, 0) is 20.8 Å². The largest absolute Gasteiger partial charge is 0.443 e. The Bertz CT molecular complexity index is 473. The smallest absolute Gasteiger partial charge is 0.415 e. The Balaban J connectivity index is 2.14. The van der Waals surface area contributed by atoms with E-state index in [9.17, 15) is 4.79 Å².